The summed E-state index contributed by atoms with van der Waals surface area (Å²) >= 11 is 13.1. The lowest BCUT2D eigenvalue weighted by Crippen LogP contribution is -2.38. The molecule has 2 aromatic rings. The van der Waals surface area contributed by atoms with Crippen LogP contribution in [0.25, 0.3) is 0 Å². The van der Waals surface area contributed by atoms with Crippen LogP contribution in [0.5, 0.6) is 0 Å². The topological polar surface area (TPSA) is 49.3 Å². The van der Waals surface area contributed by atoms with Crippen molar-refractivity contribution < 1.29 is 9.90 Å². The molecule has 0 fully saturated rings. The molecule has 1 aromatic carbocycles. The van der Waals surface area contributed by atoms with Crippen LogP contribution in [0, 0.1) is 0 Å². The Kier molecular flexibility index (Phi) is 4.70. The van der Waals surface area contributed by atoms with E-state index in [9.17, 15) is 9.90 Å². The summed E-state index contributed by atoms with van der Waals surface area (Å²) in [6.07, 6.45) is 0. The lowest BCUT2D eigenvalue weighted by atomic mass is 10.1. The Bertz CT molecular complexity index is 591. The van der Waals surface area contributed by atoms with E-state index in [0.29, 0.717) is 15.6 Å². The Morgan fingerprint density at radius 1 is 1.35 bits per heavy atom. The first kappa shape index (κ1) is 15.3. The summed E-state index contributed by atoms with van der Waals surface area (Å²) in [6, 6.07) is 8.30. The van der Waals surface area contributed by atoms with Gasteiger partial charge < -0.3 is 10.4 Å². The Morgan fingerprint density at radius 3 is 2.55 bits per heavy atom. The predicted molar refractivity (Wildman–Crippen MR) is 82.7 cm³/mol. The fourth-order valence-electron chi connectivity index (χ4n) is 1.71. The second-order valence-corrected chi connectivity index (χ2v) is 6.41. The SMILES string of the molecule is CC(O)(CNC(=O)c1cc(Cl)cc(Cl)c1)c1cccs1. The summed E-state index contributed by atoms with van der Waals surface area (Å²) in [5, 5.41) is 15.7. The van der Waals surface area contributed by atoms with Crippen molar-refractivity contribution in [3.63, 3.8) is 0 Å². The molecule has 106 valence electrons. The minimum absolute atomic E-state index is 0.108. The smallest absolute Gasteiger partial charge is 0.251 e. The summed E-state index contributed by atoms with van der Waals surface area (Å²) < 4.78 is 0. The Morgan fingerprint density at radius 2 is 2.00 bits per heavy atom. The number of carbonyl (C=O) groups excluding carboxylic acids is 1. The van der Waals surface area contributed by atoms with Crippen LogP contribution in [-0.4, -0.2) is 17.6 Å². The van der Waals surface area contributed by atoms with Gasteiger partial charge in [-0.2, -0.15) is 0 Å². The van der Waals surface area contributed by atoms with Gasteiger partial charge in [0.2, 0.25) is 0 Å². The van der Waals surface area contributed by atoms with Gasteiger partial charge in [0, 0.05) is 20.5 Å². The minimum Gasteiger partial charge on any atom is -0.383 e. The van der Waals surface area contributed by atoms with Crippen LogP contribution in [-0.2, 0) is 5.60 Å². The van der Waals surface area contributed by atoms with Crippen LogP contribution in [0.4, 0.5) is 0 Å². The monoisotopic (exact) mass is 329 g/mol. The van der Waals surface area contributed by atoms with E-state index in [2.05, 4.69) is 5.32 Å². The molecule has 3 nitrogen and oxygen atoms in total. The van der Waals surface area contributed by atoms with Crippen LogP contribution in [0.2, 0.25) is 10.0 Å². The highest BCUT2D eigenvalue weighted by Crippen LogP contribution is 2.24. The number of hydrogen-bond donors (Lipinski definition) is 2. The average Bonchev–Trinajstić information content (AvgIpc) is 2.89. The molecule has 0 aliphatic rings. The van der Waals surface area contributed by atoms with E-state index in [-0.39, 0.29) is 12.5 Å². The number of rotatable bonds is 4. The van der Waals surface area contributed by atoms with Gasteiger partial charge in [0.25, 0.3) is 5.91 Å². The van der Waals surface area contributed by atoms with Gasteiger partial charge in [-0.3, -0.25) is 4.79 Å². The molecule has 0 saturated heterocycles. The number of halogens is 2. The zero-order valence-corrected chi connectivity index (χ0v) is 13.0. The highest BCUT2D eigenvalue weighted by atomic mass is 35.5. The Labute approximate surface area is 131 Å². The molecule has 0 radical (unpaired) electrons. The first-order valence-electron chi connectivity index (χ1n) is 5.89. The Balaban J connectivity index is 2.05. The van der Waals surface area contributed by atoms with Crippen molar-refractivity contribution in [2.24, 2.45) is 0 Å². The van der Waals surface area contributed by atoms with Gasteiger partial charge >= 0.3 is 0 Å². The van der Waals surface area contributed by atoms with Gasteiger partial charge in [-0.1, -0.05) is 29.3 Å². The molecule has 2 N–H and O–H groups in total. The molecule has 2 rings (SSSR count). The number of aliphatic hydroxyl groups is 1. The van der Waals surface area contributed by atoms with Gasteiger partial charge in [-0.05, 0) is 36.6 Å². The normalized spacial score (nSPS) is 13.8. The zero-order valence-electron chi connectivity index (χ0n) is 10.7. The highest BCUT2D eigenvalue weighted by molar-refractivity contribution is 7.10. The van der Waals surface area contributed by atoms with Gasteiger partial charge in [-0.15, -0.1) is 11.3 Å². The van der Waals surface area contributed by atoms with Gasteiger partial charge in [0.15, 0.2) is 0 Å². The molecule has 0 bridgehead atoms. The first-order valence-corrected chi connectivity index (χ1v) is 7.53. The zero-order chi connectivity index (χ0) is 14.8. The number of amides is 1. The predicted octanol–water partition coefficient (Wildman–Crippen LogP) is 3.69. The molecule has 1 heterocycles. The van der Waals surface area contributed by atoms with Crippen LogP contribution < -0.4 is 5.32 Å². The number of hydrogen-bond acceptors (Lipinski definition) is 3. The van der Waals surface area contributed by atoms with Crippen molar-refractivity contribution in [2.75, 3.05) is 6.54 Å². The number of carbonyl (C=O) groups is 1. The molecule has 1 aromatic heterocycles. The van der Waals surface area contributed by atoms with Crippen molar-refractivity contribution in [2.45, 2.75) is 12.5 Å². The average molecular weight is 330 g/mol. The number of thiophene rings is 1. The second-order valence-electron chi connectivity index (χ2n) is 4.59. The Hall–Kier alpha value is -1.07. The van der Waals surface area contributed by atoms with E-state index < -0.39 is 5.60 Å². The molecule has 0 aliphatic heterocycles. The maximum absolute atomic E-state index is 12.0. The molecule has 1 unspecified atom stereocenters. The van der Waals surface area contributed by atoms with Crippen molar-refractivity contribution >= 4 is 40.4 Å². The summed E-state index contributed by atoms with van der Waals surface area (Å²) in [7, 11) is 0. The van der Waals surface area contributed by atoms with Crippen molar-refractivity contribution in [1.29, 1.82) is 0 Å². The van der Waals surface area contributed by atoms with Crippen LogP contribution in [0.1, 0.15) is 22.2 Å². The maximum Gasteiger partial charge on any atom is 0.251 e. The summed E-state index contributed by atoms with van der Waals surface area (Å²) in [5.74, 6) is -0.328. The fourth-order valence-corrected chi connectivity index (χ4v) is 3.02. The second kappa shape index (κ2) is 6.14. The van der Waals surface area contributed by atoms with E-state index in [1.165, 1.54) is 23.5 Å². The lowest BCUT2D eigenvalue weighted by Gasteiger charge is -2.22. The van der Waals surface area contributed by atoms with Crippen molar-refractivity contribution in [1.82, 2.24) is 5.32 Å². The fraction of sp³-hybridized carbons (Fsp3) is 0.214. The van der Waals surface area contributed by atoms with Crippen LogP contribution >= 0.6 is 34.5 Å². The van der Waals surface area contributed by atoms with Gasteiger partial charge in [0.1, 0.15) is 5.60 Å². The van der Waals surface area contributed by atoms with E-state index in [0.717, 1.165) is 4.88 Å². The molecular formula is C14H13Cl2NO2S. The minimum atomic E-state index is -1.10. The quantitative estimate of drug-likeness (QED) is 0.898. The van der Waals surface area contributed by atoms with E-state index >= 15 is 0 Å². The van der Waals surface area contributed by atoms with Crippen molar-refractivity contribution in [3.05, 3.63) is 56.2 Å². The first-order chi connectivity index (χ1) is 9.38. The molecule has 6 heteroatoms. The third-order valence-electron chi connectivity index (χ3n) is 2.77. The third-order valence-corrected chi connectivity index (χ3v) is 4.33. The van der Waals surface area contributed by atoms with Gasteiger partial charge in [-0.25, -0.2) is 0 Å². The molecule has 1 atom stereocenters. The lowest BCUT2D eigenvalue weighted by molar-refractivity contribution is 0.0557. The third kappa shape index (κ3) is 3.73. The number of nitrogens with one attached hydrogen (secondary N) is 1. The van der Waals surface area contributed by atoms with E-state index in [1.54, 1.807) is 13.0 Å². The highest BCUT2D eigenvalue weighted by Gasteiger charge is 2.25. The maximum atomic E-state index is 12.0. The molecule has 20 heavy (non-hydrogen) atoms. The van der Waals surface area contributed by atoms with E-state index in [1.807, 2.05) is 17.5 Å². The van der Waals surface area contributed by atoms with Crippen molar-refractivity contribution in [3.8, 4) is 0 Å². The standard InChI is InChI=1S/C14H13Cl2NO2S/c1-14(19,12-3-2-4-20-12)8-17-13(18)9-5-10(15)7-11(16)6-9/h2-7,19H,8H2,1H3,(H,17,18). The van der Waals surface area contributed by atoms with Crippen LogP contribution in [0.15, 0.2) is 35.7 Å². The molecule has 0 saturated carbocycles. The summed E-state index contributed by atoms with van der Waals surface area (Å²) in [4.78, 5) is 12.8. The van der Waals surface area contributed by atoms with E-state index in [4.69, 9.17) is 23.2 Å². The number of benzene rings is 1. The summed E-state index contributed by atoms with van der Waals surface area (Å²) in [5.41, 5.74) is -0.740. The van der Waals surface area contributed by atoms with Gasteiger partial charge in [0.05, 0.1) is 6.54 Å². The molecule has 0 aliphatic carbocycles. The summed E-state index contributed by atoms with van der Waals surface area (Å²) in [6.45, 7) is 1.76. The molecule has 0 spiro atoms. The largest absolute Gasteiger partial charge is 0.383 e. The molecule has 1 amide bonds. The van der Waals surface area contributed by atoms with Crippen LogP contribution in [0.3, 0.4) is 0 Å². The molecular weight excluding hydrogens is 317 g/mol.